The standard InChI is InChI=1S/C14H20N2O4S/c1-4-8-15-12-7-6-11(14(17)18)9-13(12)21(19,20)16-10(3)5-2/h4,6-7,9-10,15-16H,1,5,8H2,2-3H3,(H,17,18)/t10-/m1/s1. The van der Waals surface area contributed by atoms with Gasteiger partial charge in [0.15, 0.2) is 0 Å². The van der Waals surface area contributed by atoms with Crippen LogP contribution in [-0.2, 0) is 10.0 Å². The zero-order valence-corrected chi connectivity index (χ0v) is 12.9. The zero-order valence-electron chi connectivity index (χ0n) is 12.1. The topological polar surface area (TPSA) is 95.5 Å². The summed E-state index contributed by atoms with van der Waals surface area (Å²) in [7, 11) is -3.80. The van der Waals surface area contributed by atoms with Crippen LogP contribution in [-0.4, -0.2) is 32.1 Å². The molecule has 7 heteroatoms. The SMILES string of the molecule is C=CCNc1ccc(C(=O)O)cc1S(=O)(=O)N[C@H](C)CC. The second-order valence-corrected chi connectivity index (χ2v) is 6.30. The molecule has 0 amide bonds. The number of aromatic carboxylic acids is 1. The van der Waals surface area contributed by atoms with Gasteiger partial charge in [-0.1, -0.05) is 13.0 Å². The molecule has 0 aromatic heterocycles. The smallest absolute Gasteiger partial charge is 0.335 e. The van der Waals surface area contributed by atoms with Gasteiger partial charge < -0.3 is 10.4 Å². The average Bonchev–Trinajstić information content (AvgIpc) is 2.44. The minimum Gasteiger partial charge on any atom is -0.478 e. The average molecular weight is 312 g/mol. The van der Waals surface area contributed by atoms with Crippen LogP contribution in [0.25, 0.3) is 0 Å². The van der Waals surface area contributed by atoms with Crippen molar-refractivity contribution in [1.82, 2.24) is 4.72 Å². The Morgan fingerprint density at radius 2 is 2.14 bits per heavy atom. The fourth-order valence-corrected chi connectivity index (χ4v) is 3.15. The molecule has 0 radical (unpaired) electrons. The van der Waals surface area contributed by atoms with Crippen LogP contribution >= 0.6 is 0 Å². The van der Waals surface area contributed by atoms with Crippen molar-refractivity contribution in [2.75, 3.05) is 11.9 Å². The van der Waals surface area contributed by atoms with Crippen molar-refractivity contribution in [1.29, 1.82) is 0 Å². The van der Waals surface area contributed by atoms with E-state index in [2.05, 4.69) is 16.6 Å². The number of hydrogen-bond donors (Lipinski definition) is 3. The highest BCUT2D eigenvalue weighted by molar-refractivity contribution is 7.89. The first-order valence-corrected chi connectivity index (χ1v) is 8.04. The van der Waals surface area contributed by atoms with Crippen LogP contribution in [0.5, 0.6) is 0 Å². The number of carboxylic acid groups (broad SMARTS) is 1. The number of carboxylic acids is 1. The maximum atomic E-state index is 12.4. The lowest BCUT2D eigenvalue weighted by Gasteiger charge is -2.16. The van der Waals surface area contributed by atoms with Gasteiger partial charge in [0.25, 0.3) is 0 Å². The lowest BCUT2D eigenvalue weighted by atomic mass is 10.2. The number of carbonyl (C=O) groups is 1. The van der Waals surface area contributed by atoms with E-state index in [1.165, 1.54) is 12.1 Å². The predicted octanol–water partition coefficient (Wildman–Crippen LogP) is 2.06. The van der Waals surface area contributed by atoms with Crippen LogP contribution in [0.3, 0.4) is 0 Å². The quantitative estimate of drug-likeness (QED) is 0.639. The Kier molecular flexibility index (Phi) is 5.92. The Morgan fingerprint density at radius 1 is 1.48 bits per heavy atom. The van der Waals surface area contributed by atoms with Crippen molar-refractivity contribution in [2.24, 2.45) is 0 Å². The van der Waals surface area contributed by atoms with E-state index in [1.54, 1.807) is 13.0 Å². The van der Waals surface area contributed by atoms with Crippen LogP contribution in [0.4, 0.5) is 5.69 Å². The van der Waals surface area contributed by atoms with Gasteiger partial charge in [-0.05, 0) is 31.5 Å². The molecule has 116 valence electrons. The summed E-state index contributed by atoms with van der Waals surface area (Å²) in [5.41, 5.74) is 0.263. The van der Waals surface area contributed by atoms with E-state index in [0.717, 1.165) is 6.07 Å². The Hall–Kier alpha value is -1.86. The van der Waals surface area contributed by atoms with Crippen LogP contribution in [0.2, 0.25) is 0 Å². The number of nitrogens with one attached hydrogen (secondary N) is 2. The van der Waals surface area contributed by atoms with Gasteiger partial charge in [0.1, 0.15) is 4.90 Å². The van der Waals surface area contributed by atoms with Crippen molar-refractivity contribution in [3.05, 3.63) is 36.4 Å². The van der Waals surface area contributed by atoms with Crippen LogP contribution in [0.1, 0.15) is 30.6 Å². The first-order valence-electron chi connectivity index (χ1n) is 6.56. The molecule has 0 aliphatic rings. The Bertz CT molecular complexity index is 626. The summed E-state index contributed by atoms with van der Waals surface area (Å²) in [5, 5.41) is 11.9. The van der Waals surface area contributed by atoms with E-state index in [4.69, 9.17) is 5.11 Å². The maximum absolute atomic E-state index is 12.4. The highest BCUT2D eigenvalue weighted by Crippen LogP contribution is 2.23. The van der Waals surface area contributed by atoms with E-state index in [1.807, 2.05) is 6.92 Å². The Labute approximate surface area is 124 Å². The van der Waals surface area contributed by atoms with E-state index in [-0.39, 0.29) is 16.5 Å². The van der Waals surface area contributed by atoms with Crippen LogP contribution in [0.15, 0.2) is 35.7 Å². The molecule has 0 unspecified atom stereocenters. The fraction of sp³-hybridized carbons (Fsp3) is 0.357. The number of hydrogen-bond acceptors (Lipinski definition) is 4. The third-order valence-electron chi connectivity index (χ3n) is 2.92. The highest BCUT2D eigenvalue weighted by Gasteiger charge is 2.22. The molecule has 0 saturated heterocycles. The van der Waals surface area contributed by atoms with Crippen molar-refractivity contribution in [2.45, 2.75) is 31.2 Å². The molecule has 1 aromatic rings. The molecule has 0 bridgehead atoms. The summed E-state index contributed by atoms with van der Waals surface area (Å²) in [4.78, 5) is 11.0. The van der Waals surface area contributed by atoms with Gasteiger partial charge in [-0.2, -0.15) is 0 Å². The molecule has 1 rings (SSSR count). The number of benzene rings is 1. The maximum Gasteiger partial charge on any atom is 0.335 e. The normalized spacial score (nSPS) is 12.7. The summed E-state index contributed by atoms with van der Waals surface area (Å²) < 4.78 is 27.3. The molecule has 21 heavy (non-hydrogen) atoms. The molecule has 3 N–H and O–H groups in total. The van der Waals surface area contributed by atoms with Gasteiger partial charge >= 0.3 is 5.97 Å². The van der Waals surface area contributed by atoms with E-state index in [9.17, 15) is 13.2 Å². The fourth-order valence-electron chi connectivity index (χ4n) is 1.62. The largest absolute Gasteiger partial charge is 0.478 e. The van der Waals surface area contributed by atoms with Gasteiger partial charge in [0, 0.05) is 12.6 Å². The molecular weight excluding hydrogens is 292 g/mol. The van der Waals surface area contributed by atoms with Crippen molar-refractivity contribution < 1.29 is 18.3 Å². The van der Waals surface area contributed by atoms with Crippen LogP contribution < -0.4 is 10.0 Å². The summed E-state index contributed by atoms with van der Waals surface area (Å²) >= 11 is 0. The Balaban J connectivity index is 3.30. The van der Waals surface area contributed by atoms with E-state index >= 15 is 0 Å². The van der Waals surface area contributed by atoms with E-state index in [0.29, 0.717) is 18.7 Å². The molecule has 0 saturated carbocycles. The zero-order chi connectivity index (χ0) is 16.0. The van der Waals surface area contributed by atoms with Gasteiger partial charge in [-0.25, -0.2) is 17.9 Å². The van der Waals surface area contributed by atoms with Gasteiger partial charge in [-0.3, -0.25) is 0 Å². The van der Waals surface area contributed by atoms with Gasteiger partial charge in [0.05, 0.1) is 11.3 Å². The third kappa shape index (κ3) is 4.57. The van der Waals surface area contributed by atoms with Gasteiger partial charge in [0.2, 0.25) is 10.0 Å². The molecule has 6 nitrogen and oxygen atoms in total. The number of sulfonamides is 1. The molecule has 0 aliphatic carbocycles. The predicted molar refractivity (Wildman–Crippen MR) is 82.2 cm³/mol. The third-order valence-corrected chi connectivity index (χ3v) is 4.55. The molecule has 1 aromatic carbocycles. The lowest BCUT2D eigenvalue weighted by molar-refractivity contribution is 0.0696. The first-order chi connectivity index (χ1) is 9.81. The second-order valence-electron chi connectivity index (χ2n) is 4.62. The molecule has 0 fully saturated rings. The number of anilines is 1. The molecule has 0 aliphatic heterocycles. The number of rotatable bonds is 8. The summed E-state index contributed by atoms with van der Waals surface area (Å²) in [6.07, 6.45) is 2.22. The molecule has 0 heterocycles. The summed E-state index contributed by atoms with van der Waals surface area (Å²) in [6.45, 7) is 7.53. The Morgan fingerprint density at radius 3 is 2.67 bits per heavy atom. The summed E-state index contributed by atoms with van der Waals surface area (Å²) in [6, 6.07) is 3.71. The summed E-state index contributed by atoms with van der Waals surface area (Å²) in [5.74, 6) is -1.18. The van der Waals surface area contributed by atoms with E-state index < -0.39 is 16.0 Å². The second kappa shape index (κ2) is 7.24. The van der Waals surface area contributed by atoms with Crippen molar-refractivity contribution >= 4 is 21.7 Å². The monoisotopic (exact) mass is 312 g/mol. The lowest BCUT2D eigenvalue weighted by Crippen LogP contribution is -2.32. The molecule has 1 atom stereocenters. The molecular formula is C14H20N2O4S. The van der Waals surface area contributed by atoms with Crippen LogP contribution in [0, 0.1) is 0 Å². The molecule has 0 spiro atoms. The van der Waals surface area contributed by atoms with Crippen molar-refractivity contribution in [3.63, 3.8) is 0 Å². The first kappa shape index (κ1) is 17.2. The van der Waals surface area contributed by atoms with Gasteiger partial charge in [-0.15, -0.1) is 6.58 Å². The van der Waals surface area contributed by atoms with Crippen molar-refractivity contribution in [3.8, 4) is 0 Å². The minimum atomic E-state index is -3.80. The highest BCUT2D eigenvalue weighted by atomic mass is 32.2. The minimum absolute atomic E-state index is 0.0791.